The van der Waals surface area contributed by atoms with Gasteiger partial charge in [-0.15, -0.1) is 0 Å². The summed E-state index contributed by atoms with van der Waals surface area (Å²) >= 11 is 0. The lowest BCUT2D eigenvalue weighted by Gasteiger charge is -2.00. The molecule has 0 saturated heterocycles. The Morgan fingerprint density at radius 2 is 1.67 bits per heavy atom. The number of carbonyl (C=O) groups is 1. The number of hydrogen-bond acceptors (Lipinski definition) is 8. The number of ether oxygens (including phenoxy) is 1. The second kappa shape index (κ2) is 11.1. The second-order valence-corrected chi connectivity index (χ2v) is 4.10. The molecule has 0 radical (unpaired) electrons. The summed E-state index contributed by atoms with van der Waals surface area (Å²) in [5.74, 6) is -1.02. The van der Waals surface area contributed by atoms with Gasteiger partial charge >= 0.3 is 16.4 Å². The molecule has 0 amide bonds. The maximum absolute atomic E-state index is 10.5. The van der Waals surface area contributed by atoms with Crippen LogP contribution in [0.4, 0.5) is 0 Å². The van der Waals surface area contributed by atoms with E-state index in [1.165, 1.54) is 6.92 Å². The summed E-state index contributed by atoms with van der Waals surface area (Å²) < 4.78 is 33.2. The van der Waals surface area contributed by atoms with Crippen molar-refractivity contribution in [2.75, 3.05) is 33.5 Å². The van der Waals surface area contributed by atoms with Gasteiger partial charge in [0.25, 0.3) is 0 Å². The minimum absolute atomic E-state index is 0.00868. The molecule has 108 valence electrons. The van der Waals surface area contributed by atoms with Gasteiger partial charge in [0, 0.05) is 5.57 Å². The molecule has 0 fully saturated rings. The van der Waals surface area contributed by atoms with Crippen LogP contribution in [-0.4, -0.2) is 58.1 Å². The van der Waals surface area contributed by atoms with Crippen LogP contribution in [0.1, 0.15) is 6.92 Å². The summed E-state index contributed by atoms with van der Waals surface area (Å²) in [6, 6.07) is 0. The van der Waals surface area contributed by atoms with Gasteiger partial charge in [-0.1, -0.05) is 6.58 Å². The van der Waals surface area contributed by atoms with Gasteiger partial charge in [-0.3, -0.25) is 0 Å². The zero-order valence-corrected chi connectivity index (χ0v) is 11.1. The lowest BCUT2D eigenvalue weighted by atomic mass is 10.4. The fourth-order valence-electron chi connectivity index (χ4n) is 0.429. The second-order valence-electron chi connectivity index (χ2n) is 2.79. The van der Waals surface area contributed by atoms with Crippen LogP contribution in [0, 0.1) is 0 Å². The Bertz CT molecular complexity index is 330. The summed E-state index contributed by atoms with van der Waals surface area (Å²) in [5, 5.41) is 16.2. The lowest BCUT2D eigenvalue weighted by Crippen LogP contribution is -2.14. The van der Waals surface area contributed by atoms with E-state index in [2.05, 4.69) is 19.7 Å². The highest BCUT2D eigenvalue weighted by atomic mass is 32.3. The van der Waals surface area contributed by atoms with Crippen LogP contribution in [0.15, 0.2) is 12.2 Å². The van der Waals surface area contributed by atoms with Gasteiger partial charge in [-0.05, 0) is 6.92 Å². The van der Waals surface area contributed by atoms with Gasteiger partial charge in [0.15, 0.2) is 0 Å². The van der Waals surface area contributed by atoms with E-state index in [0.717, 1.165) is 7.11 Å². The molecule has 0 aliphatic carbocycles. The highest BCUT2D eigenvalue weighted by Crippen LogP contribution is 1.99. The summed E-state index contributed by atoms with van der Waals surface area (Å²) in [5.41, 5.74) is -0.00868. The summed E-state index contributed by atoms with van der Waals surface area (Å²) in [6.07, 6.45) is 0. The fourth-order valence-corrected chi connectivity index (χ4v) is 0.825. The van der Waals surface area contributed by atoms with Crippen molar-refractivity contribution in [3.63, 3.8) is 0 Å². The molecule has 9 heteroatoms. The summed E-state index contributed by atoms with van der Waals surface area (Å²) in [7, 11) is -3.28. The summed E-state index contributed by atoms with van der Waals surface area (Å²) in [6.45, 7) is 5.20. The van der Waals surface area contributed by atoms with Crippen LogP contribution in [0.5, 0.6) is 0 Å². The number of rotatable bonds is 7. The molecule has 18 heavy (non-hydrogen) atoms. The zero-order valence-electron chi connectivity index (χ0n) is 10.3. The number of carbonyl (C=O) groups excluding carboxylic acids is 1. The largest absolute Gasteiger partial charge is 0.451 e. The molecular weight excluding hydrogens is 268 g/mol. The molecule has 0 heterocycles. The Morgan fingerprint density at radius 3 is 1.94 bits per heavy atom. The monoisotopic (exact) mass is 286 g/mol. The van der Waals surface area contributed by atoms with E-state index in [1.807, 2.05) is 0 Å². The standard InChI is InChI=1S/C5H8O5S.C4H10O3/c1-4(2)5(6)10-11(7,8)9-3;5-1-3-7-4-2-6/h1H2,2-3H3;5-6H,1-4H2. The van der Waals surface area contributed by atoms with E-state index in [4.69, 9.17) is 10.2 Å². The van der Waals surface area contributed by atoms with Gasteiger partial charge in [0.1, 0.15) is 0 Å². The molecule has 2 N–H and O–H groups in total. The predicted octanol–water partition coefficient (Wildman–Crippen LogP) is -1.02. The lowest BCUT2D eigenvalue weighted by molar-refractivity contribution is -0.130. The zero-order chi connectivity index (χ0) is 14.6. The molecule has 0 aromatic rings. The molecule has 0 spiro atoms. The molecule has 0 aliphatic heterocycles. The van der Waals surface area contributed by atoms with E-state index in [9.17, 15) is 13.2 Å². The molecule has 0 aromatic carbocycles. The molecule has 0 aliphatic rings. The Kier molecular flexibility index (Phi) is 11.9. The van der Waals surface area contributed by atoms with Crippen molar-refractivity contribution in [3.8, 4) is 0 Å². The van der Waals surface area contributed by atoms with Gasteiger partial charge in [-0.25, -0.2) is 8.98 Å². The van der Waals surface area contributed by atoms with Crippen molar-refractivity contribution < 1.29 is 36.5 Å². The normalized spacial score (nSPS) is 10.2. The maximum Gasteiger partial charge on any atom is 0.451 e. The fraction of sp³-hybridized carbons (Fsp3) is 0.667. The first-order chi connectivity index (χ1) is 8.30. The molecule has 0 unspecified atom stereocenters. The van der Waals surface area contributed by atoms with Crippen LogP contribution >= 0.6 is 0 Å². The average molecular weight is 286 g/mol. The minimum Gasteiger partial charge on any atom is -0.394 e. The smallest absolute Gasteiger partial charge is 0.394 e. The highest BCUT2D eigenvalue weighted by molar-refractivity contribution is 7.82. The minimum atomic E-state index is -4.17. The SMILES string of the molecule is C=C(C)C(=O)OS(=O)(=O)OC.OCCOCCO. The number of hydrogen-bond donors (Lipinski definition) is 2. The molecular formula is C9H18O8S. The Morgan fingerprint density at radius 1 is 1.22 bits per heavy atom. The van der Waals surface area contributed by atoms with E-state index in [0.29, 0.717) is 13.2 Å². The molecule has 0 rings (SSSR count). The van der Waals surface area contributed by atoms with Crippen LogP contribution in [0.25, 0.3) is 0 Å². The molecule has 8 nitrogen and oxygen atoms in total. The van der Waals surface area contributed by atoms with Crippen LogP contribution in [0.3, 0.4) is 0 Å². The first-order valence-electron chi connectivity index (χ1n) is 4.80. The average Bonchev–Trinajstić information content (AvgIpc) is 2.30. The molecule has 0 aromatic heterocycles. The Hall–Kier alpha value is -1.00. The highest BCUT2D eigenvalue weighted by Gasteiger charge is 2.15. The van der Waals surface area contributed by atoms with Crippen LogP contribution in [0.2, 0.25) is 0 Å². The van der Waals surface area contributed by atoms with Crippen molar-refractivity contribution >= 4 is 16.4 Å². The van der Waals surface area contributed by atoms with E-state index >= 15 is 0 Å². The predicted molar refractivity (Wildman–Crippen MR) is 61.8 cm³/mol. The topological polar surface area (TPSA) is 119 Å². The quantitative estimate of drug-likeness (QED) is 0.451. The third-order valence-electron chi connectivity index (χ3n) is 1.20. The Balaban J connectivity index is 0. The van der Waals surface area contributed by atoms with E-state index in [-0.39, 0.29) is 18.8 Å². The molecule has 0 saturated carbocycles. The van der Waals surface area contributed by atoms with Crippen molar-refractivity contribution in [2.45, 2.75) is 6.92 Å². The number of aliphatic hydroxyl groups is 2. The van der Waals surface area contributed by atoms with Gasteiger partial charge < -0.3 is 19.1 Å². The first-order valence-corrected chi connectivity index (χ1v) is 6.13. The maximum atomic E-state index is 10.5. The van der Waals surface area contributed by atoms with Crippen molar-refractivity contribution in [3.05, 3.63) is 12.2 Å². The van der Waals surface area contributed by atoms with Crippen molar-refractivity contribution in [1.82, 2.24) is 0 Å². The summed E-state index contributed by atoms with van der Waals surface area (Å²) in [4.78, 5) is 10.5. The van der Waals surface area contributed by atoms with Gasteiger partial charge in [-0.2, -0.15) is 8.42 Å². The third kappa shape index (κ3) is 13.1. The van der Waals surface area contributed by atoms with E-state index in [1.54, 1.807) is 0 Å². The van der Waals surface area contributed by atoms with Crippen molar-refractivity contribution in [1.29, 1.82) is 0 Å². The van der Waals surface area contributed by atoms with Crippen LogP contribution in [-0.2, 0) is 28.3 Å². The van der Waals surface area contributed by atoms with Gasteiger partial charge in [0.05, 0.1) is 33.5 Å². The van der Waals surface area contributed by atoms with E-state index < -0.39 is 16.4 Å². The molecule has 0 atom stereocenters. The first kappa shape index (κ1) is 19.3. The van der Waals surface area contributed by atoms with Crippen molar-refractivity contribution in [2.24, 2.45) is 0 Å². The number of aliphatic hydroxyl groups excluding tert-OH is 2. The Labute approximate surface area is 106 Å². The molecule has 0 bridgehead atoms. The van der Waals surface area contributed by atoms with Gasteiger partial charge in [0.2, 0.25) is 0 Å². The third-order valence-corrected chi connectivity index (χ3v) is 1.97. The van der Waals surface area contributed by atoms with Crippen LogP contribution < -0.4 is 0 Å².